The number of thioether (sulfide) groups is 1. The van der Waals surface area contributed by atoms with Crippen molar-refractivity contribution in [3.8, 4) is 5.75 Å². The average molecular weight is 494 g/mol. The highest BCUT2D eigenvalue weighted by Crippen LogP contribution is 2.31. The number of nitrogens with one attached hydrogen (secondary N) is 1. The fourth-order valence-corrected chi connectivity index (χ4v) is 4.81. The van der Waals surface area contributed by atoms with Crippen molar-refractivity contribution in [2.75, 3.05) is 19.0 Å². The largest absolute Gasteiger partial charge is 0.497 e. The Hall–Kier alpha value is -3.29. The lowest BCUT2D eigenvalue weighted by Crippen LogP contribution is -2.46. The average Bonchev–Trinajstić information content (AvgIpc) is 2.84. The Labute approximate surface area is 208 Å². The van der Waals surface area contributed by atoms with Crippen molar-refractivity contribution in [1.29, 1.82) is 0 Å². The molecule has 0 radical (unpaired) electrons. The molecule has 4 rings (SSSR count). The number of anilines is 1. The lowest BCUT2D eigenvalue weighted by molar-refractivity contribution is -0.129. The van der Waals surface area contributed by atoms with Gasteiger partial charge in [-0.3, -0.25) is 14.5 Å². The number of halogens is 1. The van der Waals surface area contributed by atoms with Crippen LogP contribution in [0.1, 0.15) is 12.0 Å². The van der Waals surface area contributed by atoms with Crippen LogP contribution in [0.25, 0.3) is 0 Å². The molecule has 1 N–H and O–H groups in total. The smallest absolute Gasteiger partial charge is 0.238 e. The van der Waals surface area contributed by atoms with E-state index in [2.05, 4.69) is 10.3 Å². The number of nitrogens with zero attached hydrogens (tertiary/aromatic N) is 2. The van der Waals surface area contributed by atoms with Crippen LogP contribution in [0.5, 0.6) is 5.75 Å². The number of ether oxygens (including phenoxy) is 1. The zero-order chi connectivity index (χ0) is 23.9. The molecule has 0 aliphatic carbocycles. The van der Waals surface area contributed by atoms with Gasteiger partial charge in [-0.1, -0.05) is 59.8 Å². The highest BCUT2D eigenvalue weighted by molar-refractivity contribution is 8.15. The third-order valence-electron chi connectivity index (χ3n) is 5.29. The van der Waals surface area contributed by atoms with E-state index in [0.717, 1.165) is 5.56 Å². The Morgan fingerprint density at radius 2 is 1.88 bits per heavy atom. The maximum absolute atomic E-state index is 13.1. The summed E-state index contributed by atoms with van der Waals surface area (Å²) in [4.78, 5) is 32.5. The van der Waals surface area contributed by atoms with Gasteiger partial charge in [-0.25, -0.2) is 4.99 Å². The summed E-state index contributed by atoms with van der Waals surface area (Å²) in [5.74, 6) is 0.320. The molecule has 1 aliphatic heterocycles. The van der Waals surface area contributed by atoms with Crippen LogP contribution in [0.15, 0.2) is 83.9 Å². The van der Waals surface area contributed by atoms with E-state index >= 15 is 0 Å². The number of carbonyl (C=O) groups excluding carboxylic acids is 2. The van der Waals surface area contributed by atoms with Crippen LogP contribution in [0.3, 0.4) is 0 Å². The summed E-state index contributed by atoms with van der Waals surface area (Å²) >= 11 is 7.42. The first-order chi connectivity index (χ1) is 16.5. The zero-order valence-electron chi connectivity index (χ0n) is 18.6. The van der Waals surface area contributed by atoms with Crippen LogP contribution in [-0.4, -0.2) is 40.8 Å². The van der Waals surface area contributed by atoms with Gasteiger partial charge in [0.2, 0.25) is 11.8 Å². The van der Waals surface area contributed by atoms with Crippen molar-refractivity contribution >= 4 is 51.7 Å². The Morgan fingerprint density at radius 1 is 1.12 bits per heavy atom. The second-order valence-electron chi connectivity index (χ2n) is 7.68. The Kier molecular flexibility index (Phi) is 7.87. The highest BCUT2D eigenvalue weighted by Gasteiger charge is 2.35. The standard InChI is InChI=1S/C26H24ClN3O3S/c1-33-22-12-10-20(11-13-22)28-25(32)23-17-24(31)30(15-14-18-6-3-2-4-7-18)26(34-23)29-21-9-5-8-19(27)16-21/h2-13,16,23H,14-15,17H2,1H3,(H,28,32)/t23-/m1/s1. The lowest BCUT2D eigenvalue weighted by atomic mass is 10.1. The zero-order valence-corrected chi connectivity index (χ0v) is 20.2. The van der Waals surface area contributed by atoms with Gasteiger partial charge < -0.3 is 10.1 Å². The first kappa shape index (κ1) is 23.9. The van der Waals surface area contributed by atoms with Crippen molar-refractivity contribution in [3.05, 3.63) is 89.4 Å². The molecule has 0 aromatic heterocycles. The lowest BCUT2D eigenvalue weighted by Gasteiger charge is -2.32. The van der Waals surface area contributed by atoms with Crippen LogP contribution in [0.2, 0.25) is 5.02 Å². The normalized spacial score (nSPS) is 17.0. The Balaban J connectivity index is 1.54. The van der Waals surface area contributed by atoms with E-state index in [1.807, 2.05) is 36.4 Å². The van der Waals surface area contributed by atoms with Crippen LogP contribution >= 0.6 is 23.4 Å². The van der Waals surface area contributed by atoms with E-state index in [1.54, 1.807) is 54.5 Å². The Morgan fingerprint density at radius 3 is 2.59 bits per heavy atom. The van der Waals surface area contributed by atoms with Crippen molar-refractivity contribution in [3.63, 3.8) is 0 Å². The van der Waals surface area contributed by atoms with Gasteiger partial charge in [0.25, 0.3) is 0 Å². The summed E-state index contributed by atoms with van der Waals surface area (Å²) in [6, 6.07) is 24.2. The van der Waals surface area contributed by atoms with Crippen LogP contribution in [0, 0.1) is 0 Å². The second kappa shape index (κ2) is 11.2. The van der Waals surface area contributed by atoms with Crippen molar-refractivity contribution < 1.29 is 14.3 Å². The molecule has 0 bridgehead atoms. The Bertz CT molecular complexity index is 1190. The van der Waals surface area contributed by atoms with Crippen molar-refractivity contribution in [1.82, 2.24) is 4.90 Å². The van der Waals surface area contributed by atoms with E-state index in [4.69, 9.17) is 16.3 Å². The number of methoxy groups -OCH3 is 1. The maximum Gasteiger partial charge on any atom is 0.238 e. The van der Waals surface area contributed by atoms with E-state index in [-0.39, 0.29) is 18.2 Å². The molecular weight excluding hydrogens is 470 g/mol. The molecule has 0 saturated carbocycles. The van der Waals surface area contributed by atoms with Gasteiger partial charge in [-0.15, -0.1) is 0 Å². The van der Waals surface area contributed by atoms with Crippen LogP contribution in [-0.2, 0) is 16.0 Å². The monoisotopic (exact) mass is 493 g/mol. The molecule has 174 valence electrons. The molecule has 34 heavy (non-hydrogen) atoms. The van der Waals surface area contributed by atoms with E-state index < -0.39 is 5.25 Å². The molecule has 8 heteroatoms. The molecule has 0 unspecified atom stereocenters. The van der Waals surface area contributed by atoms with Gasteiger partial charge in [0, 0.05) is 23.7 Å². The van der Waals surface area contributed by atoms with Crippen LogP contribution in [0.4, 0.5) is 11.4 Å². The fourth-order valence-electron chi connectivity index (χ4n) is 3.50. The maximum atomic E-state index is 13.1. The quantitative estimate of drug-likeness (QED) is 0.468. The van der Waals surface area contributed by atoms with Gasteiger partial charge in [0.1, 0.15) is 11.0 Å². The summed E-state index contributed by atoms with van der Waals surface area (Å²) in [7, 11) is 1.59. The molecule has 0 spiro atoms. The molecule has 3 aromatic carbocycles. The highest BCUT2D eigenvalue weighted by atomic mass is 35.5. The van der Waals surface area contributed by atoms with Crippen LogP contribution < -0.4 is 10.1 Å². The van der Waals surface area contributed by atoms with E-state index in [1.165, 1.54) is 11.8 Å². The molecule has 3 aromatic rings. The number of benzene rings is 3. The van der Waals surface area contributed by atoms with Gasteiger partial charge in [0.05, 0.1) is 12.8 Å². The molecular formula is C26H24ClN3O3S. The van der Waals surface area contributed by atoms with Crippen molar-refractivity contribution in [2.45, 2.75) is 18.1 Å². The van der Waals surface area contributed by atoms with Gasteiger partial charge in [-0.2, -0.15) is 0 Å². The molecule has 1 heterocycles. The summed E-state index contributed by atoms with van der Waals surface area (Å²) in [5, 5.41) is 3.34. The molecule has 1 fully saturated rings. The fraction of sp³-hybridized carbons (Fsp3) is 0.192. The van der Waals surface area contributed by atoms with Crippen molar-refractivity contribution in [2.24, 2.45) is 4.99 Å². The number of carbonyl (C=O) groups is 2. The van der Waals surface area contributed by atoms with Gasteiger partial charge in [0.15, 0.2) is 5.17 Å². The number of hydrogen-bond donors (Lipinski definition) is 1. The van der Waals surface area contributed by atoms with Gasteiger partial charge in [-0.05, 0) is 54.4 Å². The number of aliphatic imine (C=N–C) groups is 1. The molecule has 1 aliphatic rings. The minimum Gasteiger partial charge on any atom is -0.497 e. The molecule has 1 atom stereocenters. The molecule has 6 nitrogen and oxygen atoms in total. The van der Waals surface area contributed by atoms with E-state index in [9.17, 15) is 9.59 Å². The minimum absolute atomic E-state index is 0.0933. The summed E-state index contributed by atoms with van der Waals surface area (Å²) in [6.45, 7) is 0.474. The molecule has 1 saturated heterocycles. The number of hydrogen-bond acceptors (Lipinski definition) is 5. The predicted octanol–water partition coefficient (Wildman–Crippen LogP) is 5.55. The first-order valence-electron chi connectivity index (χ1n) is 10.8. The van der Waals surface area contributed by atoms with Gasteiger partial charge >= 0.3 is 0 Å². The SMILES string of the molecule is COc1ccc(NC(=O)[C@H]2CC(=O)N(CCc3ccccc3)C(=Nc3cccc(Cl)c3)S2)cc1. The third-order valence-corrected chi connectivity index (χ3v) is 6.71. The summed E-state index contributed by atoms with van der Waals surface area (Å²) in [6.07, 6.45) is 0.778. The minimum atomic E-state index is -0.597. The second-order valence-corrected chi connectivity index (χ2v) is 9.29. The number of rotatable bonds is 7. The van der Waals surface area contributed by atoms with E-state index in [0.29, 0.717) is 40.3 Å². The molecule has 2 amide bonds. The summed E-state index contributed by atoms with van der Waals surface area (Å²) in [5.41, 5.74) is 2.39. The predicted molar refractivity (Wildman–Crippen MR) is 138 cm³/mol. The number of amidine groups is 1. The third kappa shape index (κ3) is 6.18. The summed E-state index contributed by atoms with van der Waals surface area (Å²) < 4.78 is 5.16. The first-order valence-corrected chi connectivity index (χ1v) is 12.1. The number of amides is 2. The topological polar surface area (TPSA) is 71.0 Å².